The average Bonchev–Trinajstić information content (AvgIpc) is 3.69. The first-order valence-electron chi connectivity index (χ1n) is 16.5. The van der Waals surface area contributed by atoms with E-state index in [0.717, 1.165) is 63.3 Å². The summed E-state index contributed by atoms with van der Waals surface area (Å²) in [6.07, 6.45) is 11.0. The van der Waals surface area contributed by atoms with Crippen LogP contribution in [-0.4, -0.2) is 47.2 Å². The molecule has 8 nitrogen and oxygen atoms in total. The van der Waals surface area contributed by atoms with Gasteiger partial charge in [-0.2, -0.15) is 4.98 Å². The highest BCUT2D eigenvalue weighted by atomic mass is 16.5. The van der Waals surface area contributed by atoms with E-state index >= 15 is 0 Å². The van der Waals surface area contributed by atoms with E-state index in [4.69, 9.17) is 9.15 Å². The monoisotopic (exact) mass is 599 g/mol. The van der Waals surface area contributed by atoms with Gasteiger partial charge in [0.15, 0.2) is 5.76 Å². The normalized spacial score (nSPS) is 24.0. The third-order valence-electron chi connectivity index (χ3n) is 10.1. The highest BCUT2D eigenvalue weighted by molar-refractivity contribution is 5.91. The molecule has 8 heteroatoms. The van der Waals surface area contributed by atoms with Crippen LogP contribution in [0.1, 0.15) is 118 Å². The van der Waals surface area contributed by atoms with E-state index in [1.54, 1.807) is 6.20 Å². The predicted octanol–water partition coefficient (Wildman–Crippen LogP) is 7.06. The molecular weight excluding hydrogens is 550 g/mol. The molecule has 3 aliphatic rings. The molecule has 3 heterocycles. The van der Waals surface area contributed by atoms with Crippen molar-refractivity contribution in [1.29, 1.82) is 0 Å². The van der Waals surface area contributed by atoms with Gasteiger partial charge < -0.3 is 25.1 Å². The lowest BCUT2D eigenvalue weighted by atomic mass is 9.62. The third kappa shape index (κ3) is 6.96. The maximum atomic E-state index is 13.1. The van der Waals surface area contributed by atoms with E-state index in [2.05, 4.69) is 72.7 Å². The molecule has 0 radical (unpaired) electrons. The molecule has 1 unspecified atom stereocenters. The van der Waals surface area contributed by atoms with E-state index in [1.165, 1.54) is 35.1 Å². The van der Waals surface area contributed by atoms with Gasteiger partial charge >= 0.3 is 0 Å². The molecule has 1 aromatic carbocycles. The Morgan fingerprint density at radius 3 is 2.41 bits per heavy atom. The summed E-state index contributed by atoms with van der Waals surface area (Å²) in [4.78, 5) is 22.2. The summed E-state index contributed by atoms with van der Waals surface area (Å²) >= 11 is 0. The molecule has 1 amide bonds. The first-order valence-corrected chi connectivity index (χ1v) is 16.5. The molecule has 1 aliphatic heterocycles. The molecule has 0 bridgehead atoms. The number of nitrogens with one attached hydrogen (secondary N) is 3. The van der Waals surface area contributed by atoms with Crippen LogP contribution in [0.5, 0.6) is 0 Å². The quantitative estimate of drug-likeness (QED) is 0.242. The van der Waals surface area contributed by atoms with Crippen molar-refractivity contribution in [1.82, 2.24) is 15.3 Å². The maximum absolute atomic E-state index is 13.1. The standard InChI is InChI=1S/C36H49N5O3/c1-23-19-29-30(36(4,5)16-15-35(29,2)3)21-24(23)20-27-12-13-31(44-27)33(42)39-25-8-10-26(11-9-25)40-34-37-17-14-32(41-34)38-22-28-7-6-18-43-28/h12-14,17,19,21,25-26,28H,6-11,15-16,18,20,22H2,1-5H3,(H,39,42)(H2,37,38,40,41). The predicted molar refractivity (Wildman–Crippen MR) is 175 cm³/mol. The Labute approximate surface area is 262 Å². The fourth-order valence-corrected chi connectivity index (χ4v) is 7.11. The molecule has 1 saturated heterocycles. The minimum atomic E-state index is -0.133. The molecular formula is C36H49N5O3. The van der Waals surface area contributed by atoms with Crippen LogP contribution in [0, 0.1) is 6.92 Å². The molecule has 236 valence electrons. The summed E-state index contributed by atoms with van der Waals surface area (Å²) in [5, 5.41) is 10.1. The number of aromatic nitrogens is 2. The van der Waals surface area contributed by atoms with E-state index in [-0.39, 0.29) is 34.9 Å². The van der Waals surface area contributed by atoms with Gasteiger partial charge in [-0.3, -0.25) is 4.79 Å². The van der Waals surface area contributed by atoms with Crippen LogP contribution >= 0.6 is 0 Å². The minimum Gasteiger partial charge on any atom is -0.456 e. The van der Waals surface area contributed by atoms with Gasteiger partial charge in [0.2, 0.25) is 5.95 Å². The summed E-state index contributed by atoms with van der Waals surface area (Å²) in [6, 6.07) is 10.8. The summed E-state index contributed by atoms with van der Waals surface area (Å²) in [5.41, 5.74) is 5.84. The Hall–Kier alpha value is -3.39. The van der Waals surface area contributed by atoms with Crippen molar-refractivity contribution in [2.75, 3.05) is 23.8 Å². The molecule has 1 atom stereocenters. The molecule has 2 aromatic heterocycles. The van der Waals surface area contributed by atoms with E-state index in [9.17, 15) is 4.79 Å². The lowest BCUT2D eigenvalue weighted by molar-refractivity contribution is 0.0896. The first-order chi connectivity index (χ1) is 21.1. The van der Waals surface area contributed by atoms with Gasteiger partial charge in [0.25, 0.3) is 5.91 Å². The lowest BCUT2D eigenvalue weighted by Crippen LogP contribution is -2.40. The van der Waals surface area contributed by atoms with Crippen molar-refractivity contribution in [2.24, 2.45) is 0 Å². The van der Waals surface area contributed by atoms with Gasteiger partial charge in [0, 0.05) is 37.9 Å². The zero-order chi connectivity index (χ0) is 30.9. The maximum Gasteiger partial charge on any atom is 0.287 e. The summed E-state index contributed by atoms with van der Waals surface area (Å²) in [7, 11) is 0. The van der Waals surface area contributed by atoms with Gasteiger partial charge in [0.05, 0.1) is 6.10 Å². The number of hydrogen-bond donors (Lipinski definition) is 3. The second-order valence-corrected chi connectivity index (χ2v) is 14.5. The molecule has 6 rings (SSSR count). The molecule has 0 spiro atoms. The van der Waals surface area contributed by atoms with Gasteiger partial charge in [-0.15, -0.1) is 0 Å². The van der Waals surface area contributed by atoms with Crippen LogP contribution in [0.15, 0.2) is 40.9 Å². The number of ether oxygens (including phenoxy) is 1. The second kappa shape index (κ2) is 12.5. The number of rotatable bonds is 9. The number of benzene rings is 1. The van der Waals surface area contributed by atoms with Crippen LogP contribution in [-0.2, 0) is 22.0 Å². The number of nitrogens with zero attached hydrogens (tertiary/aromatic N) is 2. The number of fused-ring (bicyclic) bond motifs is 1. The minimum absolute atomic E-state index is 0.128. The molecule has 3 N–H and O–H groups in total. The molecule has 3 aromatic rings. The van der Waals surface area contributed by atoms with Crippen molar-refractivity contribution in [3.05, 3.63) is 70.3 Å². The smallest absolute Gasteiger partial charge is 0.287 e. The first kappa shape index (κ1) is 30.6. The Morgan fingerprint density at radius 2 is 1.68 bits per heavy atom. The van der Waals surface area contributed by atoms with Crippen molar-refractivity contribution in [3.8, 4) is 0 Å². The van der Waals surface area contributed by atoms with Crippen LogP contribution in [0.4, 0.5) is 11.8 Å². The highest BCUT2D eigenvalue weighted by Crippen LogP contribution is 2.46. The van der Waals surface area contributed by atoms with Crippen LogP contribution in [0.3, 0.4) is 0 Å². The Kier molecular flexibility index (Phi) is 8.73. The largest absolute Gasteiger partial charge is 0.456 e. The van der Waals surface area contributed by atoms with E-state index in [0.29, 0.717) is 18.1 Å². The molecule has 44 heavy (non-hydrogen) atoms. The number of anilines is 2. The van der Waals surface area contributed by atoms with Crippen LogP contribution in [0.2, 0.25) is 0 Å². The fraction of sp³-hybridized carbons (Fsp3) is 0.583. The van der Waals surface area contributed by atoms with Gasteiger partial charge in [-0.1, -0.05) is 39.8 Å². The number of carbonyl (C=O) groups is 1. The zero-order valence-electron chi connectivity index (χ0n) is 27.1. The number of aryl methyl sites for hydroxylation is 1. The van der Waals surface area contributed by atoms with Crippen LogP contribution < -0.4 is 16.0 Å². The Balaban J connectivity index is 0.999. The Bertz CT molecular complexity index is 1460. The van der Waals surface area contributed by atoms with Crippen LogP contribution in [0.25, 0.3) is 0 Å². The van der Waals surface area contributed by atoms with Crippen molar-refractivity contribution >= 4 is 17.7 Å². The number of amides is 1. The van der Waals surface area contributed by atoms with Crippen molar-refractivity contribution in [2.45, 2.75) is 121 Å². The highest BCUT2D eigenvalue weighted by Gasteiger charge is 2.37. The SMILES string of the molecule is Cc1cc2c(cc1Cc1ccc(C(=O)NC3CCC(Nc4nccc(NCC5CCCO5)n4)CC3)o1)C(C)(C)CCC2(C)C. The summed E-state index contributed by atoms with van der Waals surface area (Å²) in [5.74, 6) is 2.53. The number of carbonyl (C=O) groups excluding carboxylic acids is 1. The van der Waals surface area contributed by atoms with Gasteiger partial charge in [-0.05, 0) is 110 Å². The lowest BCUT2D eigenvalue weighted by Gasteiger charge is -2.42. The van der Waals surface area contributed by atoms with Gasteiger partial charge in [0.1, 0.15) is 11.6 Å². The van der Waals surface area contributed by atoms with E-state index < -0.39 is 0 Å². The van der Waals surface area contributed by atoms with Crippen molar-refractivity contribution < 1.29 is 13.9 Å². The van der Waals surface area contributed by atoms with Crippen molar-refractivity contribution in [3.63, 3.8) is 0 Å². The molecule has 2 fully saturated rings. The number of hydrogen-bond acceptors (Lipinski definition) is 7. The topological polar surface area (TPSA) is 101 Å². The fourth-order valence-electron chi connectivity index (χ4n) is 7.11. The van der Waals surface area contributed by atoms with Gasteiger partial charge in [-0.25, -0.2) is 4.98 Å². The molecule has 1 saturated carbocycles. The zero-order valence-corrected chi connectivity index (χ0v) is 27.1. The third-order valence-corrected chi connectivity index (χ3v) is 10.1. The average molecular weight is 600 g/mol. The summed E-state index contributed by atoms with van der Waals surface area (Å²) in [6.45, 7) is 13.2. The summed E-state index contributed by atoms with van der Waals surface area (Å²) < 4.78 is 11.8. The molecule has 2 aliphatic carbocycles. The Morgan fingerprint density at radius 1 is 0.955 bits per heavy atom. The second-order valence-electron chi connectivity index (χ2n) is 14.5. The number of furan rings is 1. The van der Waals surface area contributed by atoms with E-state index in [1.807, 2.05) is 18.2 Å².